The van der Waals surface area contributed by atoms with Gasteiger partial charge in [0, 0.05) is 10.6 Å². The fourth-order valence-corrected chi connectivity index (χ4v) is 3.33. The van der Waals surface area contributed by atoms with E-state index in [0.717, 1.165) is 41.8 Å². The number of carbonyl (C=O) groups is 1. The zero-order valence-electron chi connectivity index (χ0n) is 11.6. The van der Waals surface area contributed by atoms with Crippen LogP contribution in [0, 0.1) is 18.3 Å². The van der Waals surface area contributed by atoms with Crippen molar-refractivity contribution in [1.82, 2.24) is 5.32 Å². The summed E-state index contributed by atoms with van der Waals surface area (Å²) in [5, 5.41) is 12.1. The zero-order chi connectivity index (χ0) is 14.6. The lowest BCUT2D eigenvalue weighted by molar-refractivity contribution is -0.119. The van der Waals surface area contributed by atoms with Crippen LogP contribution in [-0.4, -0.2) is 17.2 Å². The van der Waals surface area contributed by atoms with E-state index in [9.17, 15) is 10.1 Å². The van der Waals surface area contributed by atoms with Crippen molar-refractivity contribution in [2.45, 2.75) is 43.0 Å². The minimum Gasteiger partial charge on any atom is -0.399 e. The average Bonchev–Trinajstić information content (AvgIpc) is 2.87. The summed E-state index contributed by atoms with van der Waals surface area (Å²) in [6.45, 7) is 1.98. The topological polar surface area (TPSA) is 78.9 Å². The number of nitrogens with zero attached hydrogens (tertiary/aromatic N) is 1. The monoisotopic (exact) mass is 289 g/mol. The number of aryl methyl sites for hydroxylation is 1. The molecule has 1 aliphatic rings. The molecule has 0 bridgehead atoms. The van der Waals surface area contributed by atoms with Crippen molar-refractivity contribution in [3.8, 4) is 6.07 Å². The van der Waals surface area contributed by atoms with Crippen molar-refractivity contribution in [2.75, 3.05) is 11.5 Å². The van der Waals surface area contributed by atoms with Gasteiger partial charge >= 0.3 is 0 Å². The molecular formula is C15H19N3OS. The van der Waals surface area contributed by atoms with Gasteiger partial charge in [0.25, 0.3) is 0 Å². The average molecular weight is 289 g/mol. The molecule has 3 N–H and O–H groups in total. The molecular weight excluding hydrogens is 270 g/mol. The summed E-state index contributed by atoms with van der Waals surface area (Å²) in [6.07, 6.45) is 3.55. The summed E-state index contributed by atoms with van der Waals surface area (Å²) < 4.78 is 0. The molecule has 2 rings (SSSR count). The molecule has 0 aromatic heterocycles. The fraction of sp³-hybridized carbons (Fsp3) is 0.467. The van der Waals surface area contributed by atoms with Crippen molar-refractivity contribution >= 4 is 23.4 Å². The number of carbonyl (C=O) groups excluding carboxylic acids is 1. The maximum atomic E-state index is 12.0. The summed E-state index contributed by atoms with van der Waals surface area (Å²) in [5.74, 6) is 0.253. The standard InChI is InChI=1S/C15H19N3OS/c1-11-8-12(17)4-5-13(11)20-9-14(19)18-15(10-16)6-2-3-7-15/h4-5,8H,2-3,6-7,9,17H2,1H3,(H,18,19). The van der Waals surface area contributed by atoms with Crippen LogP contribution in [0.2, 0.25) is 0 Å². The Balaban J connectivity index is 1.91. The van der Waals surface area contributed by atoms with Gasteiger partial charge in [0.05, 0.1) is 11.8 Å². The molecule has 4 nitrogen and oxygen atoms in total. The molecule has 1 aliphatic carbocycles. The Hall–Kier alpha value is -1.67. The Morgan fingerprint density at radius 3 is 2.80 bits per heavy atom. The first-order valence-corrected chi connectivity index (χ1v) is 7.74. The normalized spacial score (nSPS) is 16.6. The number of nitriles is 1. The Bertz CT molecular complexity index is 545. The molecule has 1 amide bonds. The van der Waals surface area contributed by atoms with Gasteiger partial charge in [-0.1, -0.05) is 0 Å². The van der Waals surface area contributed by atoms with E-state index in [-0.39, 0.29) is 5.91 Å². The number of nitrogen functional groups attached to an aromatic ring is 1. The van der Waals surface area contributed by atoms with E-state index in [1.165, 1.54) is 11.8 Å². The molecule has 1 aromatic rings. The lowest BCUT2D eigenvalue weighted by atomic mass is 10.0. The van der Waals surface area contributed by atoms with Crippen LogP contribution >= 0.6 is 11.8 Å². The number of nitrogens with two attached hydrogens (primary N) is 1. The second-order valence-corrected chi connectivity index (χ2v) is 6.28. The van der Waals surface area contributed by atoms with E-state index in [1.54, 1.807) is 0 Å². The summed E-state index contributed by atoms with van der Waals surface area (Å²) in [4.78, 5) is 13.1. The first-order chi connectivity index (χ1) is 9.54. The molecule has 0 saturated heterocycles. The quantitative estimate of drug-likeness (QED) is 0.659. The number of benzene rings is 1. The van der Waals surface area contributed by atoms with Gasteiger partial charge in [-0.25, -0.2) is 0 Å². The molecule has 106 valence electrons. The zero-order valence-corrected chi connectivity index (χ0v) is 12.4. The van der Waals surface area contributed by atoms with E-state index < -0.39 is 5.54 Å². The van der Waals surface area contributed by atoms with Crippen molar-refractivity contribution in [3.63, 3.8) is 0 Å². The number of anilines is 1. The summed E-state index contributed by atoms with van der Waals surface area (Å²) in [7, 11) is 0. The molecule has 0 radical (unpaired) electrons. The molecule has 0 spiro atoms. The van der Waals surface area contributed by atoms with E-state index in [0.29, 0.717) is 5.75 Å². The van der Waals surface area contributed by atoms with Crippen LogP contribution < -0.4 is 11.1 Å². The molecule has 0 unspecified atom stereocenters. The van der Waals surface area contributed by atoms with Crippen LogP contribution in [0.5, 0.6) is 0 Å². The minimum absolute atomic E-state index is 0.0744. The summed E-state index contributed by atoms with van der Waals surface area (Å²) in [6, 6.07) is 7.93. The first kappa shape index (κ1) is 14.7. The van der Waals surface area contributed by atoms with Crippen LogP contribution in [0.25, 0.3) is 0 Å². The van der Waals surface area contributed by atoms with Crippen molar-refractivity contribution in [1.29, 1.82) is 5.26 Å². The fourth-order valence-electron chi connectivity index (χ4n) is 2.52. The first-order valence-electron chi connectivity index (χ1n) is 6.76. The third-order valence-electron chi connectivity index (χ3n) is 3.61. The second kappa shape index (κ2) is 6.19. The Morgan fingerprint density at radius 1 is 1.50 bits per heavy atom. The van der Waals surface area contributed by atoms with Gasteiger partial charge in [0.2, 0.25) is 5.91 Å². The number of hydrogen-bond acceptors (Lipinski definition) is 4. The van der Waals surface area contributed by atoms with Crippen molar-refractivity contribution in [3.05, 3.63) is 23.8 Å². The highest BCUT2D eigenvalue weighted by Crippen LogP contribution is 2.29. The summed E-state index contributed by atoms with van der Waals surface area (Å²) in [5.41, 5.74) is 6.87. The number of thioether (sulfide) groups is 1. The molecule has 0 aliphatic heterocycles. The van der Waals surface area contributed by atoms with Gasteiger partial charge in [-0.15, -0.1) is 11.8 Å². The maximum absolute atomic E-state index is 12.0. The van der Waals surface area contributed by atoms with Crippen molar-refractivity contribution in [2.24, 2.45) is 0 Å². The van der Waals surface area contributed by atoms with E-state index in [2.05, 4.69) is 11.4 Å². The van der Waals surface area contributed by atoms with Crippen LogP contribution in [0.3, 0.4) is 0 Å². The van der Waals surface area contributed by atoms with E-state index in [1.807, 2.05) is 25.1 Å². The third-order valence-corrected chi connectivity index (χ3v) is 4.78. The van der Waals surface area contributed by atoms with Crippen LogP contribution in [0.15, 0.2) is 23.1 Å². The lowest BCUT2D eigenvalue weighted by Gasteiger charge is -2.21. The highest BCUT2D eigenvalue weighted by atomic mass is 32.2. The predicted molar refractivity (Wildman–Crippen MR) is 81.3 cm³/mol. The predicted octanol–water partition coefficient (Wildman–Crippen LogP) is 2.62. The van der Waals surface area contributed by atoms with Crippen LogP contribution in [0.1, 0.15) is 31.2 Å². The summed E-state index contributed by atoms with van der Waals surface area (Å²) >= 11 is 1.48. The van der Waals surface area contributed by atoms with Gasteiger partial charge in [0.1, 0.15) is 5.54 Å². The SMILES string of the molecule is Cc1cc(N)ccc1SCC(=O)NC1(C#N)CCCC1. The van der Waals surface area contributed by atoms with Crippen LogP contribution in [-0.2, 0) is 4.79 Å². The van der Waals surface area contributed by atoms with Gasteiger partial charge in [-0.05, 0) is 56.4 Å². The third kappa shape index (κ3) is 3.45. The maximum Gasteiger partial charge on any atom is 0.231 e. The number of nitrogens with one attached hydrogen (secondary N) is 1. The van der Waals surface area contributed by atoms with Gasteiger partial charge in [-0.3, -0.25) is 4.79 Å². The van der Waals surface area contributed by atoms with Gasteiger partial charge in [-0.2, -0.15) is 5.26 Å². The molecule has 1 saturated carbocycles. The van der Waals surface area contributed by atoms with Gasteiger partial charge < -0.3 is 11.1 Å². The number of rotatable bonds is 4. The largest absolute Gasteiger partial charge is 0.399 e. The smallest absolute Gasteiger partial charge is 0.231 e. The molecule has 5 heteroatoms. The lowest BCUT2D eigenvalue weighted by Crippen LogP contribution is -2.45. The van der Waals surface area contributed by atoms with E-state index >= 15 is 0 Å². The van der Waals surface area contributed by atoms with E-state index in [4.69, 9.17) is 5.73 Å². The molecule has 0 atom stereocenters. The van der Waals surface area contributed by atoms with Crippen LogP contribution in [0.4, 0.5) is 5.69 Å². The second-order valence-electron chi connectivity index (χ2n) is 5.26. The molecule has 20 heavy (non-hydrogen) atoms. The number of hydrogen-bond donors (Lipinski definition) is 2. The molecule has 0 heterocycles. The highest BCUT2D eigenvalue weighted by Gasteiger charge is 2.35. The van der Waals surface area contributed by atoms with Gasteiger partial charge in [0.15, 0.2) is 0 Å². The Kier molecular flexibility index (Phi) is 4.56. The minimum atomic E-state index is -0.631. The Labute approximate surface area is 123 Å². The highest BCUT2D eigenvalue weighted by molar-refractivity contribution is 8.00. The Morgan fingerprint density at radius 2 is 2.20 bits per heavy atom. The molecule has 1 aromatic carbocycles. The molecule has 1 fully saturated rings. The number of amides is 1. The van der Waals surface area contributed by atoms with Crippen molar-refractivity contribution < 1.29 is 4.79 Å².